The lowest BCUT2D eigenvalue weighted by atomic mass is 10.2. The van der Waals surface area contributed by atoms with Crippen molar-refractivity contribution in [2.45, 2.75) is 13.0 Å². The van der Waals surface area contributed by atoms with Gasteiger partial charge in [0.25, 0.3) is 5.91 Å². The SMILES string of the molecule is COCCNC(=O)C(C)NC(=O)c1cc(Cl)ccn1. The van der Waals surface area contributed by atoms with E-state index in [0.29, 0.717) is 18.2 Å². The predicted molar refractivity (Wildman–Crippen MR) is 71.1 cm³/mol. The van der Waals surface area contributed by atoms with Crippen LogP contribution in [0.15, 0.2) is 18.3 Å². The summed E-state index contributed by atoms with van der Waals surface area (Å²) in [6.45, 7) is 2.40. The molecule has 1 aromatic rings. The third-order valence-electron chi connectivity index (χ3n) is 2.30. The molecule has 0 spiro atoms. The topological polar surface area (TPSA) is 80.3 Å². The minimum atomic E-state index is -0.662. The number of methoxy groups -OCH3 is 1. The number of halogens is 1. The van der Waals surface area contributed by atoms with Crippen LogP contribution in [0.3, 0.4) is 0 Å². The van der Waals surface area contributed by atoms with E-state index in [1.165, 1.54) is 12.3 Å². The van der Waals surface area contributed by atoms with Crippen LogP contribution < -0.4 is 10.6 Å². The Morgan fingerprint density at radius 1 is 1.53 bits per heavy atom. The van der Waals surface area contributed by atoms with Gasteiger partial charge in [0.15, 0.2) is 0 Å². The van der Waals surface area contributed by atoms with Crippen LogP contribution in [0.4, 0.5) is 0 Å². The summed E-state index contributed by atoms with van der Waals surface area (Å²) in [5.74, 6) is -0.732. The fraction of sp³-hybridized carbons (Fsp3) is 0.417. The third-order valence-corrected chi connectivity index (χ3v) is 2.54. The monoisotopic (exact) mass is 285 g/mol. The number of carbonyl (C=O) groups is 2. The van der Waals surface area contributed by atoms with Gasteiger partial charge in [-0.25, -0.2) is 0 Å². The minimum Gasteiger partial charge on any atom is -0.383 e. The van der Waals surface area contributed by atoms with E-state index in [4.69, 9.17) is 16.3 Å². The summed E-state index contributed by atoms with van der Waals surface area (Å²) in [6.07, 6.45) is 1.43. The number of ether oxygens (including phenoxy) is 1. The summed E-state index contributed by atoms with van der Waals surface area (Å²) in [4.78, 5) is 27.3. The average Bonchev–Trinajstić information content (AvgIpc) is 2.38. The number of carbonyl (C=O) groups excluding carboxylic acids is 2. The van der Waals surface area contributed by atoms with Gasteiger partial charge >= 0.3 is 0 Å². The maximum atomic E-state index is 11.8. The van der Waals surface area contributed by atoms with Crippen LogP contribution in [0.25, 0.3) is 0 Å². The summed E-state index contributed by atoms with van der Waals surface area (Å²) in [7, 11) is 1.54. The van der Waals surface area contributed by atoms with Crippen LogP contribution >= 0.6 is 11.6 Å². The lowest BCUT2D eigenvalue weighted by molar-refractivity contribution is -0.122. The highest BCUT2D eigenvalue weighted by atomic mass is 35.5. The number of aromatic nitrogens is 1. The van der Waals surface area contributed by atoms with Gasteiger partial charge < -0.3 is 15.4 Å². The van der Waals surface area contributed by atoms with Crippen molar-refractivity contribution in [1.82, 2.24) is 15.6 Å². The first kappa shape index (κ1) is 15.4. The first-order valence-corrected chi connectivity index (χ1v) is 6.11. The van der Waals surface area contributed by atoms with Crippen molar-refractivity contribution in [3.63, 3.8) is 0 Å². The zero-order chi connectivity index (χ0) is 14.3. The summed E-state index contributed by atoms with van der Waals surface area (Å²) in [5, 5.41) is 5.58. The molecule has 2 N–H and O–H groups in total. The first-order valence-electron chi connectivity index (χ1n) is 5.73. The van der Waals surface area contributed by atoms with E-state index in [0.717, 1.165) is 0 Å². The van der Waals surface area contributed by atoms with Gasteiger partial charge in [-0.1, -0.05) is 11.6 Å². The van der Waals surface area contributed by atoms with E-state index in [1.54, 1.807) is 20.1 Å². The van der Waals surface area contributed by atoms with Crippen molar-refractivity contribution in [1.29, 1.82) is 0 Å². The molecule has 0 aliphatic rings. The molecule has 1 heterocycles. The summed E-state index contributed by atoms with van der Waals surface area (Å²) in [5.41, 5.74) is 0.170. The molecule has 19 heavy (non-hydrogen) atoms. The molecular weight excluding hydrogens is 270 g/mol. The smallest absolute Gasteiger partial charge is 0.270 e. The van der Waals surface area contributed by atoms with Crippen molar-refractivity contribution in [3.05, 3.63) is 29.0 Å². The second-order valence-corrected chi connectivity index (χ2v) is 4.27. The van der Waals surface area contributed by atoms with Gasteiger partial charge in [-0.05, 0) is 19.1 Å². The van der Waals surface area contributed by atoms with Crippen molar-refractivity contribution < 1.29 is 14.3 Å². The standard InChI is InChI=1S/C12H16ClN3O3/c1-8(11(17)15-5-6-19-2)16-12(18)10-7-9(13)3-4-14-10/h3-4,7-8H,5-6H2,1-2H3,(H,15,17)(H,16,18). The Hall–Kier alpha value is -1.66. The average molecular weight is 286 g/mol. The van der Waals surface area contributed by atoms with Gasteiger partial charge in [0, 0.05) is 24.9 Å². The van der Waals surface area contributed by atoms with E-state index in [2.05, 4.69) is 15.6 Å². The molecule has 1 atom stereocenters. The van der Waals surface area contributed by atoms with Crippen LogP contribution in [0, 0.1) is 0 Å². The molecule has 0 aliphatic carbocycles. The molecule has 0 saturated carbocycles. The second-order valence-electron chi connectivity index (χ2n) is 3.84. The normalized spacial score (nSPS) is 11.7. The summed E-state index contributed by atoms with van der Waals surface area (Å²) >= 11 is 5.76. The van der Waals surface area contributed by atoms with Crippen LogP contribution in [0.5, 0.6) is 0 Å². The highest BCUT2D eigenvalue weighted by Crippen LogP contribution is 2.07. The number of hydrogen-bond acceptors (Lipinski definition) is 4. The van der Waals surface area contributed by atoms with E-state index in [9.17, 15) is 9.59 Å². The summed E-state index contributed by atoms with van der Waals surface area (Å²) < 4.78 is 4.81. The van der Waals surface area contributed by atoms with Crippen molar-refractivity contribution in [2.75, 3.05) is 20.3 Å². The Labute approximate surface area is 116 Å². The van der Waals surface area contributed by atoms with E-state index in [-0.39, 0.29) is 11.6 Å². The van der Waals surface area contributed by atoms with Crippen molar-refractivity contribution in [2.24, 2.45) is 0 Å². The van der Waals surface area contributed by atoms with Gasteiger partial charge in [-0.3, -0.25) is 14.6 Å². The fourth-order valence-electron chi connectivity index (χ4n) is 1.29. The molecule has 0 bridgehead atoms. The molecule has 1 unspecified atom stereocenters. The Bertz CT molecular complexity index is 454. The molecule has 0 radical (unpaired) electrons. The van der Waals surface area contributed by atoms with Crippen LogP contribution in [-0.4, -0.2) is 43.1 Å². The number of pyridine rings is 1. The maximum absolute atomic E-state index is 11.8. The maximum Gasteiger partial charge on any atom is 0.270 e. The Kier molecular flexibility index (Phi) is 6.24. The van der Waals surface area contributed by atoms with Crippen LogP contribution in [0.2, 0.25) is 5.02 Å². The third kappa shape index (κ3) is 5.23. The van der Waals surface area contributed by atoms with Gasteiger partial charge in [0.05, 0.1) is 6.61 Å². The molecule has 1 rings (SSSR count). The molecule has 0 aliphatic heterocycles. The number of amides is 2. The zero-order valence-electron chi connectivity index (χ0n) is 10.8. The first-order chi connectivity index (χ1) is 9.04. The molecule has 104 valence electrons. The molecule has 0 aromatic carbocycles. The van der Waals surface area contributed by atoms with Crippen LogP contribution in [-0.2, 0) is 9.53 Å². The Morgan fingerprint density at radius 2 is 2.26 bits per heavy atom. The molecule has 1 aromatic heterocycles. The van der Waals surface area contributed by atoms with Gasteiger partial charge in [0.1, 0.15) is 11.7 Å². The number of rotatable bonds is 6. The van der Waals surface area contributed by atoms with E-state index >= 15 is 0 Å². The second kappa shape index (κ2) is 7.70. The Balaban J connectivity index is 2.49. The minimum absolute atomic E-state index is 0.170. The highest BCUT2D eigenvalue weighted by Gasteiger charge is 2.16. The highest BCUT2D eigenvalue weighted by molar-refractivity contribution is 6.30. The quantitative estimate of drug-likeness (QED) is 0.751. The lowest BCUT2D eigenvalue weighted by Crippen LogP contribution is -2.45. The molecule has 0 fully saturated rings. The van der Waals surface area contributed by atoms with E-state index < -0.39 is 11.9 Å². The van der Waals surface area contributed by atoms with E-state index in [1.807, 2.05) is 0 Å². The van der Waals surface area contributed by atoms with Gasteiger partial charge in [-0.2, -0.15) is 0 Å². The van der Waals surface area contributed by atoms with Crippen molar-refractivity contribution in [3.8, 4) is 0 Å². The Morgan fingerprint density at radius 3 is 2.89 bits per heavy atom. The lowest BCUT2D eigenvalue weighted by Gasteiger charge is -2.13. The molecular formula is C12H16ClN3O3. The fourth-order valence-corrected chi connectivity index (χ4v) is 1.45. The molecule has 2 amide bonds. The number of nitrogens with zero attached hydrogens (tertiary/aromatic N) is 1. The molecule has 0 saturated heterocycles. The van der Waals surface area contributed by atoms with Gasteiger partial charge in [0.2, 0.25) is 5.91 Å². The number of hydrogen-bond donors (Lipinski definition) is 2. The predicted octanol–water partition coefficient (Wildman–Crippen LogP) is 0.616. The van der Waals surface area contributed by atoms with Gasteiger partial charge in [-0.15, -0.1) is 0 Å². The molecule has 6 nitrogen and oxygen atoms in total. The molecule has 7 heteroatoms. The summed E-state index contributed by atoms with van der Waals surface area (Å²) in [6, 6.07) is 2.34. The van der Waals surface area contributed by atoms with Crippen LogP contribution in [0.1, 0.15) is 17.4 Å². The largest absolute Gasteiger partial charge is 0.383 e. The number of nitrogens with one attached hydrogen (secondary N) is 2. The van der Waals surface area contributed by atoms with Crippen molar-refractivity contribution >= 4 is 23.4 Å². The zero-order valence-corrected chi connectivity index (χ0v) is 11.5.